The molecule has 1 atom stereocenters. The van der Waals surface area contributed by atoms with Crippen molar-refractivity contribution in [2.75, 3.05) is 12.8 Å². The zero-order valence-corrected chi connectivity index (χ0v) is 10.9. The average molecular weight is 246 g/mol. The van der Waals surface area contributed by atoms with Gasteiger partial charge < -0.3 is 15.8 Å². The van der Waals surface area contributed by atoms with Gasteiger partial charge in [-0.1, -0.05) is 19.8 Å². The molecule has 1 aromatic rings. The van der Waals surface area contributed by atoms with Crippen LogP contribution in [0.2, 0.25) is 0 Å². The summed E-state index contributed by atoms with van der Waals surface area (Å²) >= 11 is 0. The smallest absolute Gasteiger partial charge is 0.254 e. The summed E-state index contributed by atoms with van der Waals surface area (Å²) in [6.07, 6.45) is 5.37. The molecular weight excluding hydrogens is 228 g/mol. The molecule has 0 spiro atoms. The quantitative estimate of drug-likeness (QED) is 0.627. The Balaban J connectivity index is 2.88. The van der Waals surface area contributed by atoms with Gasteiger partial charge in [0.2, 0.25) is 0 Å². The average Bonchev–Trinajstić information content (AvgIpc) is 2.34. The SMILES string of the molecule is C#CC(NC(=O)c1ccc(OC)cc1N)C(C)C. The first kappa shape index (κ1) is 13.9. The molecule has 1 amide bonds. The van der Waals surface area contributed by atoms with E-state index < -0.39 is 0 Å². The molecule has 0 aliphatic carbocycles. The molecule has 0 saturated heterocycles. The minimum absolute atomic E-state index is 0.165. The van der Waals surface area contributed by atoms with Gasteiger partial charge >= 0.3 is 0 Å². The molecule has 0 saturated carbocycles. The number of hydrogen-bond donors (Lipinski definition) is 2. The summed E-state index contributed by atoms with van der Waals surface area (Å²) in [5.41, 5.74) is 6.57. The monoisotopic (exact) mass is 246 g/mol. The lowest BCUT2D eigenvalue weighted by Crippen LogP contribution is -2.37. The Labute approximate surface area is 108 Å². The molecule has 4 heteroatoms. The number of methoxy groups -OCH3 is 1. The van der Waals surface area contributed by atoms with E-state index in [1.165, 1.54) is 0 Å². The van der Waals surface area contributed by atoms with Crippen molar-refractivity contribution in [2.24, 2.45) is 5.92 Å². The van der Waals surface area contributed by atoms with Crippen LogP contribution in [0.15, 0.2) is 18.2 Å². The van der Waals surface area contributed by atoms with Crippen molar-refractivity contribution in [2.45, 2.75) is 19.9 Å². The number of ether oxygens (including phenoxy) is 1. The molecule has 0 aromatic heterocycles. The molecule has 96 valence electrons. The van der Waals surface area contributed by atoms with Gasteiger partial charge in [-0.15, -0.1) is 6.42 Å². The Hall–Kier alpha value is -2.15. The Morgan fingerprint density at radius 3 is 2.61 bits per heavy atom. The molecule has 0 heterocycles. The number of rotatable bonds is 4. The number of benzene rings is 1. The van der Waals surface area contributed by atoms with E-state index in [4.69, 9.17) is 16.9 Å². The van der Waals surface area contributed by atoms with Crippen LogP contribution in [0.3, 0.4) is 0 Å². The molecule has 4 nitrogen and oxygen atoms in total. The topological polar surface area (TPSA) is 64.3 Å². The third-order valence-corrected chi connectivity index (χ3v) is 2.64. The van der Waals surface area contributed by atoms with Gasteiger partial charge in [0, 0.05) is 11.8 Å². The summed E-state index contributed by atoms with van der Waals surface area (Å²) in [5.74, 6) is 3.05. The number of nitrogen functional groups attached to an aromatic ring is 1. The summed E-state index contributed by atoms with van der Waals surface area (Å²) in [6.45, 7) is 3.89. The third-order valence-electron chi connectivity index (χ3n) is 2.64. The van der Waals surface area contributed by atoms with Gasteiger partial charge in [0.15, 0.2) is 0 Å². The molecule has 1 aromatic carbocycles. The van der Waals surface area contributed by atoms with Crippen molar-refractivity contribution in [1.29, 1.82) is 0 Å². The molecule has 0 radical (unpaired) electrons. The van der Waals surface area contributed by atoms with Crippen LogP contribution in [0.1, 0.15) is 24.2 Å². The molecule has 0 fully saturated rings. The number of carbonyl (C=O) groups excluding carboxylic acids is 1. The molecule has 1 rings (SSSR count). The van der Waals surface area contributed by atoms with Gasteiger partial charge in [-0.3, -0.25) is 4.79 Å². The highest BCUT2D eigenvalue weighted by Gasteiger charge is 2.16. The fraction of sp³-hybridized carbons (Fsp3) is 0.357. The first-order chi connectivity index (χ1) is 8.49. The molecule has 0 aliphatic rings. The molecular formula is C14H18N2O2. The van der Waals surface area contributed by atoms with E-state index in [9.17, 15) is 4.79 Å². The maximum Gasteiger partial charge on any atom is 0.254 e. The second kappa shape index (κ2) is 5.97. The van der Waals surface area contributed by atoms with Gasteiger partial charge in [0.25, 0.3) is 5.91 Å². The van der Waals surface area contributed by atoms with Crippen LogP contribution in [0.25, 0.3) is 0 Å². The van der Waals surface area contributed by atoms with Gasteiger partial charge in [-0.2, -0.15) is 0 Å². The van der Waals surface area contributed by atoms with Crippen LogP contribution in [0, 0.1) is 18.3 Å². The van der Waals surface area contributed by atoms with E-state index >= 15 is 0 Å². The Kier molecular flexibility index (Phi) is 4.61. The summed E-state index contributed by atoms with van der Waals surface area (Å²) < 4.78 is 5.03. The highest BCUT2D eigenvalue weighted by molar-refractivity contribution is 5.99. The van der Waals surface area contributed by atoms with Crippen LogP contribution >= 0.6 is 0 Å². The van der Waals surface area contributed by atoms with Gasteiger partial charge in [-0.25, -0.2) is 0 Å². The number of carbonyl (C=O) groups is 1. The van der Waals surface area contributed by atoms with E-state index in [0.717, 1.165) is 0 Å². The second-order valence-electron chi connectivity index (χ2n) is 4.31. The standard InChI is InChI=1S/C14H18N2O2/c1-5-13(9(2)3)16-14(17)11-7-6-10(18-4)8-12(11)15/h1,6-9,13H,15H2,2-4H3,(H,16,17). The fourth-order valence-electron chi connectivity index (χ4n) is 1.49. The van der Waals surface area contributed by atoms with Crippen molar-refractivity contribution in [1.82, 2.24) is 5.32 Å². The van der Waals surface area contributed by atoms with Crippen molar-refractivity contribution in [3.05, 3.63) is 23.8 Å². The van der Waals surface area contributed by atoms with Crippen molar-refractivity contribution >= 4 is 11.6 Å². The minimum atomic E-state index is -0.306. The largest absolute Gasteiger partial charge is 0.497 e. The summed E-state index contributed by atoms with van der Waals surface area (Å²) in [7, 11) is 1.54. The lowest BCUT2D eigenvalue weighted by molar-refractivity contribution is 0.0939. The Bertz CT molecular complexity index is 475. The predicted octanol–water partition coefficient (Wildman–Crippen LogP) is 1.67. The number of nitrogens with two attached hydrogens (primary N) is 1. The number of anilines is 1. The normalized spacial score (nSPS) is 11.7. The van der Waals surface area contributed by atoms with E-state index in [2.05, 4.69) is 11.2 Å². The van der Waals surface area contributed by atoms with Crippen molar-refractivity contribution < 1.29 is 9.53 Å². The van der Waals surface area contributed by atoms with Crippen LogP contribution in [0.4, 0.5) is 5.69 Å². The fourth-order valence-corrected chi connectivity index (χ4v) is 1.49. The maximum absolute atomic E-state index is 12.0. The first-order valence-corrected chi connectivity index (χ1v) is 5.70. The number of hydrogen-bond acceptors (Lipinski definition) is 3. The van der Waals surface area contributed by atoms with E-state index in [1.54, 1.807) is 25.3 Å². The van der Waals surface area contributed by atoms with Gasteiger partial charge in [-0.05, 0) is 18.1 Å². The molecule has 0 bridgehead atoms. The number of terminal acetylenes is 1. The molecule has 18 heavy (non-hydrogen) atoms. The second-order valence-corrected chi connectivity index (χ2v) is 4.31. The van der Waals surface area contributed by atoms with Crippen LogP contribution in [-0.2, 0) is 0 Å². The van der Waals surface area contributed by atoms with Crippen molar-refractivity contribution in [3.63, 3.8) is 0 Å². The van der Waals surface area contributed by atoms with E-state index in [-0.39, 0.29) is 17.9 Å². The highest BCUT2D eigenvalue weighted by atomic mass is 16.5. The molecule has 0 aliphatic heterocycles. The van der Waals surface area contributed by atoms with E-state index in [0.29, 0.717) is 17.0 Å². The van der Waals surface area contributed by atoms with Gasteiger partial charge in [0.1, 0.15) is 5.75 Å². The Morgan fingerprint density at radius 1 is 1.50 bits per heavy atom. The highest BCUT2D eigenvalue weighted by Crippen LogP contribution is 2.19. The van der Waals surface area contributed by atoms with Crippen molar-refractivity contribution in [3.8, 4) is 18.1 Å². The van der Waals surface area contributed by atoms with Crippen LogP contribution in [-0.4, -0.2) is 19.1 Å². The third kappa shape index (κ3) is 3.17. The minimum Gasteiger partial charge on any atom is -0.497 e. The lowest BCUT2D eigenvalue weighted by Gasteiger charge is -2.17. The zero-order valence-electron chi connectivity index (χ0n) is 10.9. The number of amides is 1. The predicted molar refractivity (Wildman–Crippen MR) is 72.3 cm³/mol. The maximum atomic E-state index is 12.0. The summed E-state index contributed by atoms with van der Waals surface area (Å²) in [5, 5.41) is 2.76. The number of nitrogens with one attached hydrogen (secondary N) is 1. The summed E-state index contributed by atoms with van der Waals surface area (Å²) in [4.78, 5) is 12.0. The van der Waals surface area contributed by atoms with Gasteiger partial charge in [0.05, 0.1) is 18.7 Å². The molecule has 1 unspecified atom stereocenters. The zero-order chi connectivity index (χ0) is 13.7. The lowest BCUT2D eigenvalue weighted by atomic mass is 10.0. The van der Waals surface area contributed by atoms with Crippen LogP contribution in [0.5, 0.6) is 5.75 Å². The van der Waals surface area contributed by atoms with Crippen LogP contribution < -0.4 is 15.8 Å². The first-order valence-electron chi connectivity index (χ1n) is 5.70. The Morgan fingerprint density at radius 2 is 2.17 bits per heavy atom. The molecule has 3 N–H and O–H groups in total. The summed E-state index contributed by atoms with van der Waals surface area (Å²) in [6, 6.07) is 4.61. The van der Waals surface area contributed by atoms with E-state index in [1.807, 2.05) is 13.8 Å².